The van der Waals surface area contributed by atoms with Crippen LogP contribution in [0.1, 0.15) is 31.7 Å². The Morgan fingerprint density at radius 3 is 2.78 bits per heavy atom. The predicted molar refractivity (Wildman–Crippen MR) is 89.4 cm³/mol. The normalized spacial score (nSPS) is 14.6. The van der Waals surface area contributed by atoms with E-state index in [2.05, 4.69) is 37.3 Å². The van der Waals surface area contributed by atoms with E-state index in [4.69, 9.17) is 0 Å². The molecule has 2 aromatic rings. The summed E-state index contributed by atoms with van der Waals surface area (Å²) in [4.78, 5) is 11.4. The van der Waals surface area contributed by atoms with Gasteiger partial charge >= 0.3 is 5.69 Å². The van der Waals surface area contributed by atoms with Crippen molar-refractivity contribution in [3.63, 3.8) is 0 Å². The molecule has 0 aliphatic rings. The molecule has 8 heteroatoms. The van der Waals surface area contributed by atoms with Crippen LogP contribution in [0.2, 0.25) is 0 Å². The molecule has 7 nitrogen and oxygen atoms in total. The first-order chi connectivity index (χ1) is 10.8. The van der Waals surface area contributed by atoms with Gasteiger partial charge in [0.2, 0.25) is 0 Å². The zero-order valence-corrected chi connectivity index (χ0v) is 14.3. The molecule has 0 amide bonds. The summed E-state index contributed by atoms with van der Waals surface area (Å²) in [5, 5.41) is 30.1. The van der Waals surface area contributed by atoms with E-state index in [1.54, 1.807) is 11.3 Å². The van der Waals surface area contributed by atoms with Crippen LogP contribution in [0.3, 0.4) is 0 Å². The van der Waals surface area contributed by atoms with Gasteiger partial charge in [0, 0.05) is 17.5 Å². The number of aromatic nitrogens is 2. The van der Waals surface area contributed by atoms with Crippen molar-refractivity contribution < 1.29 is 10.0 Å². The molecular formula is C15H22N4O3S. The molecule has 0 saturated carbocycles. The number of thiophene rings is 1. The summed E-state index contributed by atoms with van der Waals surface area (Å²) in [6.07, 6.45) is 1.83. The van der Waals surface area contributed by atoms with Gasteiger partial charge in [0.15, 0.2) is 0 Å². The van der Waals surface area contributed by atoms with Gasteiger partial charge in [-0.2, -0.15) is 5.10 Å². The van der Waals surface area contributed by atoms with Crippen LogP contribution in [0, 0.1) is 15.5 Å². The van der Waals surface area contributed by atoms with E-state index in [-0.39, 0.29) is 23.7 Å². The molecule has 0 spiro atoms. The highest BCUT2D eigenvalue weighted by atomic mass is 32.1. The summed E-state index contributed by atoms with van der Waals surface area (Å²) in [6, 6.07) is 4.22. The molecule has 2 heterocycles. The van der Waals surface area contributed by atoms with Gasteiger partial charge in [-0.05, 0) is 16.9 Å². The van der Waals surface area contributed by atoms with Crippen molar-refractivity contribution in [3.8, 4) is 0 Å². The zero-order valence-electron chi connectivity index (χ0n) is 13.5. The Bertz CT molecular complexity index is 633. The maximum atomic E-state index is 10.6. The Morgan fingerprint density at radius 2 is 2.26 bits per heavy atom. The standard InChI is InChI=1S/C15H22N4O3S/c1-15(2,3)14(13-5-4-6-23-13)16-8-12(20)10-18-9-11(7-17-18)19(21)22/h4-7,9,12,14,16,20H,8,10H2,1-3H3. The number of nitrogens with zero attached hydrogens (tertiary/aromatic N) is 3. The molecule has 2 N–H and O–H groups in total. The van der Waals surface area contributed by atoms with Crippen LogP contribution in [0.5, 0.6) is 0 Å². The minimum Gasteiger partial charge on any atom is -0.390 e. The first-order valence-electron chi connectivity index (χ1n) is 7.39. The number of nitro groups is 1. The summed E-state index contributed by atoms with van der Waals surface area (Å²) in [5.74, 6) is 0. The van der Waals surface area contributed by atoms with Gasteiger partial charge in [-0.1, -0.05) is 26.8 Å². The number of nitrogens with one attached hydrogen (secondary N) is 1. The molecule has 2 atom stereocenters. The Kier molecular flexibility index (Phi) is 5.51. The Morgan fingerprint density at radius 1 is 1.52 bits per heavy atom. The molecule has 0 saturated heterocycles. The van der Waals surface area contributed by atoms with E-state index >= 15 is 0 Å². The smallest absolute Gasteiger partial charge is 0.306 e. The SMILES string of the molecule is CC(C)(C)C(NCC(O)Cn1cc([N+](=O)[O-])cn1)c1cccs1. The molecule has 0 aliphatic heterocycles. The van der Waals surface area contributed by atoms with Gasteiger partial charge in [0.05, 0.1) is 17.6 Å². The first kappa shape index (κ1) is 17.6. The third-order valence-electron chi connectivity index (χ3n) is 3.48. The van der Waals surface area contributed by atoms with Gasteiger partial charge in [0.1, 0.15) is 12.4 Å². The average Bonchev–Trinajstić information content (AvgIpc) is 3.08. The van der Waals surface area contributed by atoms with Gasteiger partial charge in [-0.3, -0.25) is 14.8 Å². The second-order valence-electron chi connectivity index (χ2n) is 6.55. The molecule has 2 unspecified atom stereocenters. The Labute approximate surface area is 139 Å². The molecular weight excluding hydrogens is 316 g/mol. The maximum Gasteiger partial charge on any atom is 0.306 e. The minimum absolute atomic E-state index is 0.00899. The topological polar surface area (TPSA) is 93.2 Å². The van der Waals surface area contributed by atoms with Crippen LogP contribution in [-0.2, 0) is 6.54 Å². The van der Waals surface area contributed by atoms with Crippen molar-refractivity contribution >= 4 is 17.0 Å². The highest BCUT2D eigenvalue weighted by Crippen LogP contribution is 2.34. The van der Waals surface area contributed by atoms with Crippen LogP contribution in [-0.4, -0.2) is 32.5 Å². The van der Waals surface area contributed by atoms with Crippen LogP contribution >= 0.6 is 11.3 Å². The lowest BCUT2D eigenvalue weighted by atomic mass is 9.85. The average molecular weight is 338 g/mol. The maximum absolute atomic E-state index is 10.6. The summed E-state index contributed by atoms with van der Waals surface area (Å²) in [5.41, 5.74) is -0.0639. The summed E-state index contributed by atoms with van der Waals surface area (Å²) >= 11 is 1.68. The molecule has 126 valence electrons. The van der Waals surface area contributed by atoms with Gasteiger partial charge in [-0.15, -0.1) is 11.3 Å². The number of aliphatic hydroxyl groups excluding tert-OH is 1. The third kappa shape index (κ3) is 4.85. The summed E-state index contributed by atoms with van der Waals surface area (Å²) < 4.78 is 1.39. The summed E-state index contributed by atoms with van der Waals surface area (Å²) in [7, 11) is 0. The largest absolute Gasteiger partial charge is 0.390 e. The number of hydrogen-bond acceptors (Lipinski definition) is 6. The lowest BCUT2D eigenvalue weighted by molar-refractivity contribution is -0.385. The Hall–Kier alpha value is -1.77. The van der Waals surface area contributed by atoms with Crippen molar-refractivity contribution in [1.82, 2.24) is 15.1 Å². The molecule has 2 aromatic heterocycles. The van der Waals surface area contributed by atoms with E-state index in [1.807, 2.05) is 11.4 Å². The number of aliphatic hydroxyl groups is 1. The van der Waals surface area contributed by atoms with Gasteiger partial charge in [-0.25, -0.2) is 0 Å². The molecule has 2 rings (SSSR count). The van der Waals surface area contributed by atoms with Crippen molar-refractivity contribution in [1.29, 1.82) is 0 Å². The van der Waals surface area contributed by atoms with Crippen LogP contribution in [0.4, 0.5) is 5.69 Å². The predicted octanol–water partition coefficient (Wildman–Crippen LogP) is 2.59. The highest BCUT2D eigenvalue weighted by molar-refractivity contribution is 7.10. The van der Waals surface area contributed by atoms with Gasteiger partial charge in [0.25, 0.3) is 0 Å². The van der Waals surface area contributed by atoms with Crippen molar-refractivity contribution in [3.05, 3.63) is 44.9 Å². The van der Waals surface area contributed by atoms with E-state index < -0.39 is 11.0 Å². The van der Waals surface area contributed by atoms with Crippen LogP contribution in [0.15, 0.2) is 29.9 Å². The Balaban J connectivity index is 1.93. The molecule has 0 aliphatic carbocycles. The molecule has 0 aromatic carbocycles. The molecule has 0 bridgehead atoms. The van der Waals surface area contributed by atoms with Crippen molar-refractivity contribution in [2.75, 3.05) is 6.54 Å². The van der Waals surface area contributed by atoms with Crippen molar-refractivity contribution in [2.24, 2.45) is 5.41 Å². The number of rotatable bonds is 7. The number of hydrogen-bond donors (Lipinski definition) is 2. The van der Waals surface area contributed by atoms with E-state index in [1.165, 1.54) is 22.0 Å². The third-order valence-corrected chi connectivity index (χ3v) is 4.42. The quantitative estimate of drug-likeness (QED) is 0.598. The van der Waals surface area contributed by atoms with E-state index in [9.17, 15) is 15.2 Å². The fraction of sp³-hybridized carbons (Fsp3) is 0.533. The highest BCUT2D eigenvalue weighted by Gasteiger charge is 2.27. The fourth-order valence-corrected chi connectivity index (χ4v) is 3.41. The lowest BCUT2D eigenvalue weighted by Crippen LogP contribution is -2.38. The first-order valence-corrected chi connectivity index (χ1v) is 8.27. The molecule has 23 heavy (non-hydrogen) atoms. The zero-order chi connectivity index (χ0) is 17.0. The monoisotopic (exact) mass is 338 g/mol. The second kappa shape index (κ2) is 7.20. The van der Waals surface area contributed by atoms with E-state index in [0.717, 1.165) is 0 Å². The van der Waals surface area contributed by atoms with Crippen LogP contribution in [0.25, 0.3) is 0 Å². The molecule has 0 radical (unpaired) electrons. The van der Waals surface area contributed by atoms with Gasteiger partial charge < -0.3 is 10.4 Å². The van der Waals surface area contributed by atoms with E-state index in [0.29, 0.717) is 6.54 Å². The van der Waals surface area contributed by atoms with Crippen LogP contribution < -0.4 is 5.32 Å². The minimum atomic E-state index is -0.681. The fourth-order valence-electron chi connectivity index (χ4n) is 2.37. The molecule has 0 fully saturated rings. The second-order valence-corrected chi connectivity index (χ2v) is 7.53. The van der Waals surface area contributed by atoms with Crippen molar-refractivity contribution in [2.45, 2.75) is 39.5 Å². The lowest BCUT2D eigenvalue weighted by Gasteiger charge is -2.31. The summed E-state index contributed by atoms with van der Waals surface area (Å²) in [6.45, 7) is 7.03.